The summed E-state index contributed by atoms with van der Waals surface area (Å²) in [6.45, 7) is 4.07. The van der Waals surface area contributed by atoms with Crippen molar-refractivity contribution in [3.8, 4) is 0 Å². The van der Waals surface area contributed by atoms with Crippen LogP contribution in [0.3, 0.4) is 0 Å². The normalized spacial score (nSPS) is 17.8. The summed E-state index contributed by atoms with van der Waals surface area (Å²) in [6.07, 6.45) is 4.24. The summed E-state index contributed by atoms with van der Waals surface area (Å²) < 4.78 is 5.07. The van der Waals surface area contributed by atoms with Crippen molar-refractivity contribution in [3.63, 3.8) is 0 Å². The Morgan fingerprint density at radius 3 is 2.62 bits per heavy atom. The van der Waals surface area contributed by atoms with Crippen LogP contribution in [0, 0.1) is 5.92 Å². The highest BCUT2D eigenvalue weighted by molar-refractivity contribution is 6.18. The van der Waals surface area contributed by atoms with E-state index in [0.29, 0.717) is 0 Å². The van der Waals surface area contributed by atoms with Crippen molar-refractivity contribution < 1.29 is 4.74 Å². The van der Waals surface area contributed by atoms with Gasteiger partial charge in [-0.05, 0) is 18.8 Å². The van der Waals surface area contributed by atoms with E-state index in [1.165, 1.54) is 25.8 Å². The highest BCUT2D eigenvalue weighted by Crippen LogP contribution is 2.26. The minimum absolute atomic E-state index is 0.733. The molecule has 0 unspecified atom stereocenters. The van der Waals surface area contributed by atoms with Crippen LogP contribution in [0.5, 0.6) is 0 Å². The van der Waals surface area contributed by atoms with Gasteiger partial charge in [-0.3, -0.25) is 4.90 Å². The average molecular weight is 206 g/mol. The van der Waals surface area contributed by atoms with Crippen molar-refractivity contribution in [2.24, 2.45) is 5.92 Å². The lowest BCUT2D eigenvalue weighted by atomic mass is 9.85. The monoisotopic (exact) mass is 205 g/mol. The molecule has 0 bridgehead atoms. The number of rotatable bonds is 7. The molecular weight excluding hydrogens is 186 g/mol. The lowest BCUT2D eigenvalue weighted by molar-refractivity contribution is 0.125. The third-order valence-corrected chi connectivity index (χ3v) is 2.92. The first kappa shape index (κ1) is 11.3. The molecule has 0 amide bonds. The molecule has 1 fully saturated rings. The van der Waals surface area contributed by atoms with Gasteiger partial charge in [0.05, 0.1) is 6.61 Å². The molecule has 0 aromatic heterocycles. The highest BCUT2D eigenvalue weighted by atomic mass is 35.5. The van der Waals surface area contributed by atoms with E-state index < -0.39 is 0 Å². The smallest absolute Gasteiger partial charge is 0.0589 e. The molecule has 1 aliphatic carbocycles. The first-order valence-corrected chi connectivity index (χ1v) is 5.67. The van der Waals surface area contributed by atoms with Gasteiger partial charge in [0.1, 0.15) is 0 Å². The number of alkyl halides is 1. The van der Waals surface area contributed by atoms with Crippen LogP contribution in [0.4, 0.5) is 0 Å². The Balaban J connectivity index is 2.11. The molecule has 0 N–H and O–H groups in total. The first-order chi connectivity index (χ1) is 6.36. The van der Waals surface area contributed by atoms with Crippen LogP contribution >= 0.6 is 11.6 Å². The maximum absolute atomic E-state index is 5.74. The summed E-state index contributed by atoms with van der Waals surface area (Å²) in [5, 5.41) is 0. The van der Waals surface area contributed by atoms with Gasteiger partial charge < -0.3 is 4.74 Å². The first-order valence-electron chi connectivity index (χ1n) is 5.14. The Morgan fingerprint density at radius 1 is 1.38 bits per heavy atom. The van der Waals surface area contributed by atoms with Gasteiger partial charge in [0.15, 0.2) is 0 Å². The Labute approximate surface area is 86.2 Å². The topological polar surface area (TPSA) is 12.5 Å². The fourth-order valence-corrected chi connectivity index (χ4v) is 1.91. The number of nitrogens with zero attached hydrogens (tertiary/aromatic N) is 1. The van der Waals surface area contributed by atoms with Crippen LogP contribution in [0.15, 0.2) is 0 Å². The zero-order valence-corrected chi connectivity index (χ0v) is 9.22. The van der Waals surface area contributed by atoms with Crippen molar-refractivity contribution in [1.82, 2.24) is 4.90 Å². The van der Waals surface area contributed by atoms with E-state index >= 15 is 0 Å². The van der Waals surface area contributed by atoms with Gasteiger partial charge >= 0.3 is 0 Å². The maximum Gasteiger partial charge on any atom is 0.0589 e. The van der Waals surface area contributed by atoms with Gasteiger partial charge in [0, 0.05) is 32.6 Å². The lowest BCUT2D eigenvalue weighted by Gasteiger charge is -2.31. The SMILES string of the molecule is COCCN(CCCl)CC1CCC1. The minimum Gasteiger partial charge on any atom is -0.383 e. The van der Waals surface area contributed by atoms with E-state index in [0.717, 1.165) is 31.5 Å². The van der Waals surface area contributed by atoms with E-state index in [1.807, 2.05) is 0 Å². The summed E-state index contributed by atoms with van der Waals surface area (Å²) in [7, 11) is 1.75. The summed E-state index contributed by atoms with van der Waals surface area (Å²) >= 11 is 5.74. The zero-order chi connectivity index (χ0) is 9.52. The molecule has 0 heterocycles. The highest BCUT2D eigenvalue weighted by Gasteiger charge is 2.19. The molecule has 1 saturated carbocycles. The molecular formula is C10H20ClNO. The third kappa shape index (κ3) is 4.30. The van der Waals surface area contributed by atoms with Gasteiger partial charge in [-0.2, -0.15) is 0 Å². The van der Waals surface area contributed by atoms with Crippen LogP contribution in [0.1, 0.15) is 19.3 Å². The Bertz CT molecular complexity index is 128. The molecule has 0 atom stereocenters. The second-order valence-corrected chi connectivity index (χ2v) is 4.16. The summed E-state index contributed by atoms with van der Waals surface area (Å²) in [6, 6.07) is 0. The molecule has 0 aromatic carbocycles. The molecule has 0 spiro atoms. The van der Waals surface area contributed by atoms with Gasteiger partial charge in [-0.25, -0.2) is 0 Å². The van der Waals surface area contributed by atoms with Gasteiger partial charge in [-0.1, -0.05) is 6.42 Å². The van der Waals surface area contributed by atoms with Crippen LogP contribution in [-0.2, 0) is 4.74 Å². The molecule has 13 heavy (non-hydrogen) atoms. The largest absolute Gasteiger partial charge is 0.383 e. The molecule has 0 radical (unpaired) electrons. The second kappa shape index (κ2) is 6.63. The molecule has 1 aliphatic rings. The fourth-order valence-electron chi connectivity index (χ4n) is 1.67. The standard InChI is InChI=1S/C10H20ClNO/c1-13-8-7-12(6-5-11)9-10-3-2-4-10/h10H,2-9H2,1H3. The maximum atomic E-state index is 5.74. The van der Waals surface area contributed by atoms with E-state index in [2.05, 4.69) is 4.90 Å². The van der Waals surface area contributed by atoms with Crippen LogP contribution in [0.2, 0.25) is 0 Å². The van der Waals surface area contributed by atoms with Gasteiger partial charge in [-0.15, -0.1) is 11.6 Å². The van der Waals surface area contributed by atoms with E-state index in [1.54, 1.807) is 7.11 Å². The van der Waals surface area contributed by atoms with Crippen LogP contribution < -0.4 is 0 Å². The summed E-state index contributed by atoms with van der Waals surface area (Å²) in [5.74, 6) is 1.66. The van der Waals surface area contributed by atoms with Crippen LogP contribution in [0.25, 0.3) is 0 Å². The molecule has 2 nitrogen and oxygen atoms in total. The fraction of sp³-hybridized carbons (Fsp3) is 1.00. The number of methoxy groups -OCH3 is 1. The minimum atomic E-state index is 0.733. The van der Waals surface area contributed by atoms with Crippen molar-refractivity contribution in [3.05, 3.63) is 0 Å². The summed E-state index contributed by atoms with van der Waals surface area (Å²) in [5.41, 5.74) is 0. The lowest BCUT2D eigenvalue weighted by Crippen LogP contribution is -2.36. The molecule has 0 aliphatic heterocycles. The average Bonchev–Trinajstić information content (AvgIpc) is 2.07. The zero-order valence-electron chi connectivity index (χ0n) is 8.47. The third-order valence-electron chi connectivity index (χ3n) is 2.75. The van der Waals surface area contributed by atoms with Gasteiger partial charge in [0.25, 0.3) is 0 Å². The number of halogens is 1. The molecule has 0 saturated heterocycles. The summed E-state index contributed by atoms with van der Waals surface area (Å²) in [4.78, 5) is 2.42. The number of ether oxygens (including phenoxy) is 1. The molecule has 1 rings (SSSR count). The Kier molecular flexibility index (Phi) is 5.76. The van der Waals surface area contributed by atoms with E-state index in [-0.39, 0.29) is 0 Å². The van der Waals surface area contributed by atoms with E-state index in [4.69, 9.17) is 16.3 Å². The predicted molar refractivity (Wildman–Crippen MR) is 56.4 cm³/mol. The van der Waals surface area contributed by atoms with Crippen molar-refractivity contribution in [2.45, 2.75) is 19.3 Å². The Morgan fingerprint density at radius 2 is 2.15 bits per heavy atom. The van der Waals surface area contributed by atoms with Crippen molar-refractivity contribution in [1.29, 1.82) is 0 Å². The van der Waals surface area contributed by atoms with Crippen molar-refractivity contribution >= 4 is 11.6 Å². The van der Waals surface area contributed by atoms with Crippen LogP contribution in [-0.4, -0.2) is 44.1 Å². The van der Waals surface area contributed by atoms with Gasteiger partial charge in [0.2, 0.25) is 0 Å². The number of hydrogen-bond acceptors (Lipinski definition) is 2. The van der Waals surface area contributed by atoms with Crippen molar-refractivity contribution in [2.75, 3.05) is 39.2 Å². The number of hydrogen-bond donors (Lipinski definition) is 0. The predicted octanol–water partition coefficient (Wildman–Crippen LogP) is 1.97. The molecule has 78 valence electrons. The second-order valence-electron chi connectivity index (χ2n) is 3.78. The molecule has 0 aromatic rings. The molecule has 3 heteroatoms. The van der Waals surface area contributed by atoms with E-state index in [9.17, 15) is 0 Å². The Hall–Kier alpha value is 0.210. The quantitative estimate of drug-likeness (QED) is 0.590.